The first-order valence-corrected chi connectivity index (χ1v) is 10.2. The number of benzene rings is 1. The molecule has 1 saturated heterocycles. The number of imide groups is 1. The number of hydrogen-bond donors (Lipinski definition) is 2. The van der Waals surface area contributed by atoms with E-state index < -0.39 is 35.1 Å². The van der Waals surface area contributed by atoms with Crippen molar-refractivity contribution < 1.29 is 32.1 Å². The Balaban J connectivity index is 1.72. The Kier molecular flexibility index (Phi) is 6.57. The number of halogens is 5. The first-order valence-electron chi connectivity index (χ1n) is 9.45. The van der Waals surface area contributed by atoms with E-state index in [-0.39, 0.29) is 41.0 Å². The minimum atomic E-state index is -4.71. The van der Waals surface area contributed by atoms with E-state index in [0.29, 0.717) is 17.2 Å². The van der Waals surface area contributed by atoms with Crippen LogP contribution >= 0.6 is 23.2 Å². The van der Waals surface area contributed by atoms with E-state index in [1.165, 1.54) is 26.0 Å². The predicted molar refractivity (Wildman–Crippen MR) is 108 cm³/mol. The summed E-state index contributed by atoms with van der Waals surface area (Å²) in [6.45, 7) is 2.79. The van der Waals surface area contributed by atoms with Gasteiger partial charge < -0.3 is 9.84 Å². The molecule has 2 N–H and O–H groups in total. The Morgan fingerprint density at radius 2 is 1.84 bits per heavy atom. The highest BCUT2D eigenvalue weighted by atomic mass is 35.5. The lowest BCUT2D eigenvalue weighted by molar-refractivity contribution is -0.155. The molecule has 1 fully saturated rings. The van der Waals surface area contributed by atoms with E-state index >= 15 is 0 Å². The monoisotopic (exact) mass is 491 g/mol. The van der Waals surface area contributed by atoms with Crippen molar-refractivity contribution in [3.63, 3.8) is 0 Å². The number of piperidine rings is 1. The lowest BCUT2D eigenvalue weighted by atomic mass is 9.88. The van der Waals surface area contributed by atoms with E-state index in [9.17, 15) is 27.6 Å². The van der Waals surface area contributed by atoms with Gasteiger partial charge in [-0.25, -0.2) is 0 Å². The van der Waals surface area contributed by atoms with Crippen molar-refractivity contribution in [2.75, 3.05) is 0 Å². The number of nitrogens with zero attached hydrogens (tertiary/aromatic N) is 1. The predicted octanol–water partition coefficient (Wildman–Crippen LogP) is 4.11. The third kappa shape index (κ3) is 4.91. The summed E-state index contributed by atoms with van der Waals surface area (Å²) in [4.78, 5) is 36.1. The highest BCUT2D eigenvalue weighted by molar-refractivity contribution is 6.36. The zero-order chi connectivity index (χ0) is 23.8. The molecule has 172 valence electrons. The molecule has 0 radical (unpaired) electrons. The number of rotatable bonds is 5. The Hall–Kier alpha value is -2.59. The molecule has 3 rings (SSSR count). The Labute approximate surface area is 190 Å². The van der Waals surface area contributed by atoms with Crippen LogP contribution in [-0.4, -0.2) is 22.9 Å². The Morgan fingerprint density at radius 1 is 1.22 bits per heavy atom. The minimum absolute atomic E-state index is 0.0265. The van der Waals surface area contributed by atoms with Crippen molar-refractivity contribution >= 4 is 40.9 Å². The van der Waals surface area contributed by atoms with Crippen LogP contribution in [0.3, 0.4) is 0 Å². The quantitative estimate of drug-likeness (QED) is 0.612. The van der Waals surface area contributed by atoms with Gasteiger partial charge in [0, 0.05) is 34.6 Å². The van der Waals surface area contributed by atoms with Gasteiger partial charge in [0.1, 0.15) is 0 Å². The maximum absolute atomic E-state index is 12.7. The fraction of sp³-hybridized carbons (Fsp3) is 0.400. The summed E-state index contributed by atoms with van der Waals surface area (Å²) in [5.74, 6) is -3.42. The van der Waals surface area contributed by atoms with Crippen molar-refractivity contribution in [1.29, 1.82) is 0 Å². The first-order chi connectivity index (χ1) is 14.8. The smallest absolute Gasteiger partial charge is 0.351 e. The second-order valence-electron chi connectivity index (χ2n) is 7.86. The highest BCUT2D eigenvalue weighted by Gasteiger charge is 2.40. The molecule has 32 heavy (non-hydrogen) atoms. The Bertz CT molecular complexity index is 1060. The molecule has 1 aliphatic rings. The molecule has 2 aromatic rings. The molecule has 1 atom stereocenters. The second-order valence-corrected chi connectivity index (χ2v) is 8.67. The maximum atomic E-state index is 12.7. The van der Waals surface area contributed by atoms with Crippen LogP contribution in [-0.2, 0) is 32.5 Å². The van der Waals surface area contributed by atoms with Crippen molar-refractivity contribution in [1.82, 2.24) is 15.8 Å². The van der Waals surface area contributed by atoms with Crippen LogP contribution in [0.2, 0.25) is 10.0 Å². The summed E-state index contributed by atoms with van der Waals surface area (Å²) in [5, 5.41) is 8.62. The van der Waals surface area contributed by atoms with Gasteiger partial charge in [-0.2, -0.15) is 13.2 Å². The topological polar surface area (TPSA) is 101 Å². The summed E-state index contributed by atoms with van der Waals surface area (Å²) in [7, 11) is 0. The molecule has 1 aromatic heterocycles. The van der Waals surface area contributed by atoms with Crippen LogP contribution in [0.15, 0.2) is 22.7 Å². The molecule has 1 unspecified atom stereocenters. The highest BCUT2D eigenvalue weighted by Crippen LogP contribution is 2.37. The molecule has 0 bridgehead atoms. The minimum Gasteiger partial charge on any atom is -0.351 e. The van der Waals surface area contributed by atoms with Gasteiger partial charge in [-0.3, -0.25) is 19.7 Å². The number of hydrogen-bond acceptors (Lipinski definition) is 5. The molecule has 0 aliphatic carbocycles. The Morgan fingerprint density at radius 3 is 2.38 bits per heavy atom. The molecule has 3 amide bonds. The second kappa shape index (κ2) is 8.74. The number of nitrogens with one attached hydrogen (secondary N) is 2. The van der Waals surface area contributed by atoms with Crippen molar-refractivity contribution in [2.45, 2.75) is 50.7 Å². The first kappa shape index (κ1) is 24.1. The molecular weight excluding hydrogens is 474 g/mol. The van der Waals surface area contributed by atoms with Gasteiger partial charge in [0.2, 0.25) is 23.5 Å². The van der Waals surface area contributed by atoms with Crippen molar-refractivity contribution in [3.8, 4) is 0 Å². The standard InChI is InChI=1S/C20H18Cl2F3N3O4/c1-19(2,13-7-14(32-28-13)20(23,24)25)18(31)26-8-9-5-11(21)16(12(22)6-9)10-3-4-15(29)27-17(10)30/h5-7,10H,3-4,8H2,1-2H3,(H,26,31)(H,27,29,30). The van der Waals surface area contributed by atoms with Gasteiger partial charge in [0.05, 0.1) is 17.0 Å². The summed E-state index contributed by atoms with van der Waals surface area (Å²) >= 11 is 12.7. The van der Waals surface area contributed by atoms with Crippen LogP contribution in [0, 0.1) is 0 Å². The van der Waals surface area contributed by atoms with Gasteiger partial charge in [0.25, 0.3) is 0 Å². The number of alkyl halides is 3. The van der Waals surface area contributed by atoms with Crippen LogP contribution in [0.5, 0.6) is 0 Å². The average Bonchev–Trinajstić information content (AvgIpc) is 3.18. The molecule has 1 aromatic carbocycles. The normalized spacial score (nSPS) is 17.3. The molecule has 2 heterocycles. The summed E-state index contributed by atoms with van der Waals surface area (Å²) in [6.07, 6.45) is -4.28. The van der Waals surface area contributed by atoms with Gasteiger partial charge in [-0.15, -0.1) is 0 Å². The fourth-order valence-corrected chi connectivity index (χ4v) is 4.06. The molecule has 0 saturated carbocycles. The molecule has 7 nitrogen and oxygen atoms in total. The molecule has 0 spiro atoms. The summed E-state index contributed by atoms with van der Waals surface area (Å²) in [6, 6.07) is 3.73. The number of carbonyl (C=O) groups is 3. The van der Waals surface area contributed by atoms with Gasteiger partial charge in [-0.1, -0.05) is 28.4 Å². The van der Waals surface area contributed by atoms with Crippen LogP contribution in [0.1, 0.15) is 55.2 Å². The van der Waals surface area contributed by atoms with Gasteiger partial charge >= 0.3 is 6.18 Å². The fourth-order valence-electron chi connectivity index (χ4n) is 3.26. The number of amides is 3. The van der Waals surface area contributed by atoms with E-state index in [0.717, 1.165) is 0 Å². The molecular formula is C20H18Cl2F3N3O4. The average molecular weight is 492 g/mol. The van der Waals surface area contributed by atoms with Gasteiger partial charge in [0.15, 0.2) is 0 Å². The third-order valence-corrected chi connectivity index (χ3v) is 5.80. The van der Waals surface area contributed by atoms with Crippen LogP contribution in [0.25, 0.3) is 0 Å². The lowest BCUT2D eigenvalue weighted by Crippen LogP contribution is -2.40. The number of aromatic nitrogens is 1. The molecule has 1 aliphatic heterocycles. The maximum Gasteiger partial charge on any atom is 0.452 e. The largest absolute Gasteiger partial charge is 0.452 e. The van der Waals surface area contributed by atoms with E-state index in [2.05, 4.69) is 20.3 Å². The molecule has 12 heteroatoms. The zero-order valence-corrected chi connectivity index (χ0v) is 18.4. The van der Waals surface area contributed by atoms with E-state index in [1.807, 2.05) is 0 Å². The third-order valence-electron chi connectivity index (χ3n) is 5.18. The lowest BCUT2D eigenvalue weighted by Gasteiger charge is -2.24. The van der Waals surface area contributed by atoms with Crippen molar-refractivity contribution in [3.05, 3.63) is 50.8 Å². The number of carbonyl (C=O) groups excluding carboxylic acids is 3. The van der Waals surface area contributed by atoms with E-state index in [4.69, 9.17) is 23.2 Å². The van der Waals surface area contributed by atoms with E-state index in [1.54, 1.807) is 0 Å². The van der Waals surface area contributed by atoms with Crippen LogP contribution in [0.4, 0.5) is 13.2 Å². The summed E-state index contributed by atoms with van der Waals surface area (Å²) in [5.41, 5.74) is -0.688. The SMILES string of the molecule is CC(C)(C(=O)NCc1cc(Cl)c(C2CCC(=O)NC2=O)c(Cl)c1)c1cc(C(F)(F)F)on1. The summed E-state index contributed by atoms with van der Waals surface area (Å²) < 4.78 is 42.5. The van der Waals surface area contributed by atoms with Crippen LogP contribution < -0.4 is 10.6 Å². The zero-order valence-electron chi connectivity index (χ0n) is 16.9. The van der Waals surface area contributed by atoms with Gasteiger partial charge in [-0.05, 0) is 38.0 Å². The van der Waals surface area contributed by atoms with Crippen molar-refractivity contribution in [2.24, 2.45) is 0 Å².